The summed E-state index contributed by atoms with van der Waals surface area (Å²) in [6.45, 7) is 4.43. The van der Waals surface area contributed by atoms with Gasteiger partial charge in [0.2, 0.25) is 0 Å². The summed E-state index contributed by atoms with van der Waals surface area (Å²) in [5, 5.41) is 0. The number of hydrogen-bond donors (Lipinski definition) is 0. The second kappa shape index (κ2) is 48.2. The molecule has 0 amide bonds. The van der Waals surface area contributed by atoms with E-state index in [-0.39, 0.29) is 70.2 Å². The Morgan fingerprint density at radius 1 is 0.431 bits per heavy atom. The minimum absolute atomic E-state index is 0. The van der Waals surface area contributed by atoms with Crippen LogP contribution in [0.25, 0.3) is 0 Å². The van der Waals surface area contributed by atoms with Gasteiger partial charge in [-0.05, 0) is 37.8 Å². The third-order valence-electron chi connectivity index (χ3n) is 12.6. The Balaban J connectivity index is 0.0000410. The summed E-state index contributed by atoms with van der Waals surface area (Å²) in [5.41, 5.74) is -0.875. The van der Waals surface area contributed by atoms with Gasteiger partial charge in [0, 0.05) is 0 Å². The summed E-state index contributed by atoms with van der Waals surface area (Å²) in [6.07, 6.45) is 60.1. The molecule has 7 nitrogen and oxygen atoms in total. The van der Waals surface area contributed by atoms with Crippen molar-refractivity contribution in [1.29, 1.82) is 0 Å². The number of benzene rings is 1. The number of carbonyl (C=O) groups excluding carboxylic acids is 2. The van der Waals surface area contributed by atoms with E-state index in [1.807, 2.05) is 12.2 Å². The van der Waals surface area contributed by atoms with Crippen LogP contribution in [0.15, 0.2) is 47.4 Å². The number of ether oxygens (including phenoxy) is 2. The Labute approximate surface area is 443 Å². The molecule has 0 bridgehead atoms. The Morgan fingerprint density at radius 3 is 1.00 bits per heavy atom. The first-order valence-corrected chi connectivity index (χ1v) is 28.5. The maximum absolute atomic E-state index is 13.1. The molecule has 0 aliphatic rings. The van der Waals surface area contributed by atoms with Crippen LogP contribution < -0.4 is 51.4 Å². The molecule has 1 aromatic rings. The molecule has 0 fully saturated rings. The van der Waals surface area contributed by atoms with Gasteiger partial charge in [0.25, 0.3) is 0 Å². The van der Waals surface area contributed by atoms with Crippen molar-refractivity contribution in [3.05, 3.63) is 53.6 Å². The van der Waals surface area contributed by atoms with Gasteiger partial charge in [-0.25, -0.2) is 18.0 Å². The van der Waals surface area contributed by atoms with Gasteiger partial charge in [0.1, 0.15) is 23.3 Å². The molecule has 1 aromatic carbocycles. The molecule has 370 valence electrons. The van der Waals surface area contributed by atoms with Crippen LogP contribution in [0.5, 0.6) is 0 Å². The van der Waals surface area contributed by atoms with Crippen LogP contribution in [0, 0.1) is 0 Å². The van der Waals surface area contributed by atoms with Gasteiger partial charge in [-0.3, -0.25) is 0 Å². The Morgan fingerprint density at radius 2 is 0.708 bits per heavy atom. The van der Waals surface area contributed by atoms with Crippen LogP contribution in [0.4, 0.5) is 0 Å². The number of allylic oxidation sites excluding steroid dienone is 2. The molecule has 0 unspecified atom stereocenters. The van der Waals surface area contributed by atoms with Crippen molar-refractivity contribution in [3.8, 4) is 0 Å². The fourth-order valence-corrected chi connectivity index (χ4v) is 9.26. The summed E-state index contributed by atoms with van der Waals surface area (Å²) in [7, 11) is -5.05. The van der Waals surface area contributed by atoms with Crippen molar-refractivity contribution in [2.45, 2.75) is 276 Å². The number of hydrogen-bond acceptors (Lipinski definition) is 7. The van der Waals surface area contributed by atoms with E-state index in [2.05, 4.69) is 13.8 Å². The zero-order valence-corrected chi connectivity index (χ0v) is 46.4. The van der Waals surface area contributed by atoms with Crippen LogP contribution in [0.1, 0.15) is 291 Å². The third kappa shape index (κ3) is 39.7. The number of rotatable bonds is 47. The van der Waals surface area contributed by atoms with Crippen LogP contribution in [0.3, 0.4) is 0 Å². The topological polar surface area (TPSA) is 110 Å². The fourth-order valence-electron chi connectivity index (χ4n) is 8.57. The van der Waals surface area contributed by atoms with E-state index < -0.39 is 32.5 Å². The average molecular weight is 954 g/mol. The molecule has 0 radical (unpaired) electrons. The van der Waals surface area contributed by atoms with Gasteiger partial charge in [-0.2, -0.15) is 0 Å². The Bertz CT molecular complexity index is 1410. The molecule has 0 aromatic heterocycles. The Hall–Kier alpha value is -0.814. The Kier molecular flexibility index (Phi) is 47.6. The van der Waals surface area contributed by atoms with E-state index in [9.17, 15) is 22.6 Å². The second-order valence-electron chi connectivity index (χ2n) is 18.6. The smallest absolute Gasteiger partial charge is 0.744 e. The predicted molar refractivity (Wildman–Crippen MR) is 269 cm³/mol. The van der Waals surface area contributed by atoms with Gasteiger partial charge < -0.3 is 14.0 Å². The largest absolute Gasteiger partial charge is 1.00 e. The van der Waals surface area contributed by atoms with E-state index in [1.54, 1.807) is 12.2 Å². The maximum Gasteiger partial charge on any atom is 1.00 e. The molecule has 0 atom stereocenters. The molecule has 0 saturated carbocycles. The zero-order chi connectivity index (χ0) is 46.4. The minimum atomic E-state index is -5.05. The van der Waals surface area contributed by atoms with E-state index >= 15 is 0 Å². The van der Waals surface area contributed by atoms with E-state index in [0.29, 0.717) is 0 Å². The number of esters is 2. The molecule has 0 spiro atoms. The van der Waals surface area contributed by atoms with Gasteiger partial charge in [0.15, 0.2) is 0 Å². The molecule has 9 heteroatoms. The molecule has 0 aliphatic carbocycles. The van der Waals surface area contributed by atoms with Gasteiger partial charge in [-0.1, -0.05) is 275 Å². The van der Waals surface area contributed by atoms with E-state index in [0.717, 1.165) is 38.2 Å². The maximum atomic E-state index is 13.1. The first-order chi connectivity index (χ1) is 31.3. The standard InChI is InChI=1S/C56H98O7S.K/c1-3-5-7-9-11-13-15-17-19-21-23-25-27-29-31-33-35-37-39-41-43-45-50-62-55(57)52-48-47-49-53(64(59,60)61)54(52)56(58)63-51-46-44-42-40-38-36-34-32-30-28-26-24-22-20-18-16-14-12-10-8-6-4-2;/h43-49H,3-42,50-51H2,1-2H3,(H,59,60,61);/q;+1/p-1/b45-43+,46-44+;. The van der Waals surface area contributed by atoms with Crippen molar-refractivity contribution in [2.24, 2.45) is 0 Å². The third-order valence-corrected chi connectivity index (χ3v) is 13.5. The molecular formula is C56H97KO7S. The summed E-state index contributed by atoms with van der Waals surface area (Å²) in [4.78, 5) is 25.2. The SMILES string of the molecule is CCCCCCCCCCCCCCCCCCCCC/C=C/COC(=O)c1cccc(S(=O)(=O)[O-])c1C(=O)OC/C=C/CCCCCCCCCCCCCCCCCCCCC.[K+]. The average Bonchev–Trinajstić information content (AvgIpc) is 3.28. The van der Waals surface area contributed by atoms with Gasteiger partial charge in [0.05, 0.1) is 16.0 Å². The number of carbonyl (C=O) groups is 2. The summed E-state index contributed by atoms with van der Waals surface area (Å²) < 4.78 is 46.8. The van der Waals surface area contributed by atoms with Crippen LogP contribution in [-0.4, -0.2) is 38.1 Å². The van der Waals surface area contributed by atoms with E-state index in [1.165, 1.54) is 237 Å². The van der Waals surface area contributed by atoms with Gasteiger partial charge >= 0.3 is 63.3 Å². The molecular weight excluding hydrogens is 856 g/mol. The first-order valence-electron chi connectivity index (χ1n) is 27.1. The monoisotopic (exact) mass is 953 g/mol. The molecule has 65 heavy (non-hydrogen) atoms. The molecule has 0 aliphatic heterocycles. The quantitative estimate of drug-likeness (QED) is 0.0210. The molecule has 0 saturated heterocycles. The van der Waals surface area contributed by atoms with Crippen molar-refractivity contribution in [1.82, 2.24) is 0 Å². The zero-order valence-electron chi connectivity index (χ0n) is 42.5. The van der Waals surface area contributed by atoms with Crippen LogP contribution in [0.2, 0.25) is 0 Å². The molecule has 0 N–H and O–H groups in total. The van der Waals surface area contributed by atoms with E-state index in [4.69, 9.17) is 9.47 Å². The van der Waals surface area contributed by atoms with Crippen molar-refractivity contribution < 1.29 is 83.4 Å². The molecule has 0 heterocycles. The van der Waals surface area contributed by atoms with Gasteiger partial charge in [-0.15, -0.1) is 0 Å². The van der Waals surface area contributed by atoms with Crippen molar-refractivity contribution >= 4 is 22.1 Å². The predicted octanol–water partition coefficient (Wildman–Crippen LogP) is 14.7. The minimum Gasteiger partial charge on any atom is -0.744 e. The first kappa shape index (κ1) is 64.2. The number of unbranched alkanes of at least 4 members (excludes halogenated alkanes) is 38. The molecule has 1 rings (SSSR count). The summed E-state index contributed by atoms with van der Waals surface area (Å²) >= 11 is 0. The van der Waals surface area contributed by atoms with Crippen LogP contribution >= 0.6 is 0 Å². The summed E-state index contributed by atoms with van der Waals surface area (Å²) in [6, 6.07) is 3.56. The van der Waals surface area contributed by atoms with Crippen molar-refractivity contribution in [3.63, 3.8) is 0 Å². The van der Waals surface area contributed by atoms with Crippen LogP contribution in [-0.2, 0) is 19.6 Å². The fraction of sp³-hybridized carbons (Fsp3) is 0.786. The normalized spacial score (nSPS) is 11.7. The second-order valence-corrected chi connectivity index (χ2v) is 19.9. The van der Waals surface area contributed by atoms with Crippen molar-refractivity contribution in [2.75, 3.05) is 13.2 Å². The summed E-state index contributed by atoms with van der Waals surface area (Å²) in [5.74, 6) is -1.93.